The van der Waals surface area contributed by atoms with Crippen molar-refractivity contribution in [2.45, 2.75) is 33.4 Å². The van der Waals surface area contributed by atoms with Crippen LogP contribution >= 0.6 is 0 Å². The molecule has 1 atom stereocenters. The van der Waals surface area contributed by atoms with Gasteiger partial charge >= 0.3 is 5.97 Å². The number of hydrogen-bond donors (Lipinski definition) is 1. The Morgan fingerprint density at radius 3 is 2.50 bits per heavy atom. The van der Waals surface area contributed by atoms with Crippen molar-refractivity contribution in [3.8, 4) is 0 Å². The molecule has 146 valence electrons. The molecule has 0 aliphatic heterocycles. The molecule has 1 N–H and O–H groups in total. The number of carbonyl (C=O) groups is 2. The number of hydrogen-bond acceptors (Lipinski definition) is 5. The summed E-state index contributed by atoms with van der Waals surface area (Å²) in [4.78, 5) is 24.2. The Morgan fingerprint density at radius 1 is 1.07 bits per heavy atom. The molecule has 0 unspecified atom stereocenters. The van der Waals surface area contributed by atoms with Gasteiger partial charge in [-0.3, -0.25) is 4.79 Å². The van der Waals surface area contributed by atoms with Crippen LogP contribution in [0, 0.1) is 5.92 Å². The zero-order valence-corrected chi connectivity index (χ0v) is 16.3. The number of rotatable bonds is 7. The van der Waals surface area contributed by atoms with Gasteiger partial charge in [0.2, 0.25) is 0 Å². The zero-order chi connectivity index (χ0) is 20.1. The van der Waals surface area contributed by atoms with E-state index in [4.69, 9.17) is 4.74 Å². The summed E-state index contributed by atoms with van der Waals surface area (Å²) < 4.78 is 7.06. The standard InChI is InChI=1S/C21H24N4O3/c1-14(2)12-22-20(26)15(3)28-21(27)17-10-8-16(9-11-17)13-25-19-7-5-4-6-18(19)23-24-25/h4-11,14-15H,12-13H2,1-3H3,(H,22,26)/t15-/m1/s1. The highest BCUT2D eigenvalue weighted by Crippen LogP contribution is 2.13. The quantitative estimate of drug-likeness (QED) is 0.637. The van der Waals surface area contributed by atoms with Crippen LogP contribution in [0.3, 0.4) is 0 Å². The molecule has 3 aromatic rings. The largest absolute Gasteiger partial charge is 0.449 e. The highest BCUT2D eigenvalue weighted by Gasteiger charge is 2.18. The van der Waals surface area contributed by atoms with Crippen molar-refractivity contribution < 1.29 is 14.3 Å². The van der Waals surface area contributed by atoms with Crippen LogP contribution in [0.5, 0.6) is 0 Å². The minimum Gasteiger partial charge on any atom is -0.449 e. The Balaban J connectivity index is 1.60. The number of carbonyl (C=O) groups excluding carboxylic acids is 2. The molecule has 28 heavy (non-hydrogen) atoms. The van der Waals surface area contributed by atoms with Gasteiger partial charge in [0.25, 0.3) is 5.91 Å². The van der Waals surface area contributed by atoms with Crippen LogP contribution in [-0.4, -0.2) is 39.5 Å². The molecule has 0 radical (unpaired) electrons. The number of ether oxygens (including phenoxy) is 1. The van der Waals surface area contributed by atoms with Crippen molar-refractivity contribution in [3.05, 3.63) is 59.7 Å². The molecule has 0 saturated heterocycles. The molecule has 0 aliphatic rings. The maximum Gasteiger partial charge on any atom is 0.338 e. The van der Waals surface area contributed by atoms with Gasteiger partial charge in [-0.15, -0.1) is 5.10 Å². The number of para-hydroxylation sites is 1. The van der Waals surface area contributed by atoms with Crippen LogP contribution in [0.25, 0.3) is 11.0 Å². The summed E-state index contributed by atoms with van der Waals surface area (Å²) in [6.45, 7) is 6.66. The van der Waals surface area contributed by atoms with E-state index in [9.17, 15) is 9.59 Å². The molecule has 0 aliphatic carbocycles. The molecule has 7 nitrogen and oxygen atoms in total. The average molecular weight is 380 g/mol. The Bertz CT molecular complexity index is 963. The van der Waals surface area contributed by atoms with Gasteiger partial charge in [0.05, 0.1) is 17.6 Å². The number of amides is 1. The van der Waals surface area contributed by atoms with Crippen molar-refractivity contribution >= 4 is 22.9 Å². The van der Waals surface area contributed by atoms with Gasteiger partial charge in [0.15, 0.2) is 6.10 Å². The lowest BCUT2D eigenvalue weighted by molar-refractivity contribution is -0.129. The molecule has 1 aromatic heterocycles. The molecule has 0 saturated carbocycles. The maximum atomic E-state index is 12.3. The number of aromatic nitrogens is 3. The van der Waals surface area contributed by atoms with Gasteiger partial charge in [0.1, 0.15) is 5.52 Å². The van der Waals surface area contributed by atoms with E-state index in [1.165, 1.54) is 0 Å². The molecule has 2 aromatic carbocycles. The van der Waals surface area contributed by atoms with Crippen LogP contribution in [-0.2, 0) is 16.1 Å². The monoisotopic (exact) mass is 380 g/mol. The van der Waals surface area contributed by atoms with E-state index in [2.05, 4.69) is 15.6 Å². The van der Waals surface area contributed by atoms with Crippen LogP contribution in [0.2, 0.25) is 0 Å². The fraction of sp³-hybridized carbons (Fsp3) is 0.333. The van der Waals surface area contributed by atoms with Crippen molar-refractivity contribution in [2.24, 2.45) is 5.92 Å². The average Bonchev–Trinajstić information content (AvgIpc) is 3.09. The lowest BCUT2D eigenvalue weighted by atomic mass is 10.1. The minimum atomic E-state index is -0.840. The molecule has 1 amide bonds. The molecular weight excluding hydrogens is 356 g/mol. The highest BCUT2D eigenvalue weighted by atomic mass is 16.5. The summed E-state index contributed by atoms with van der Waals surface area (Å²) in [6.07, 6.45) is -0.840. The Morgan fingerprint density at radius 2 is 1.79 bits per heavy atom. The lowest BCUT2D eigenvalue weighted by Crippen LogP contribution is -2.37. The van der Waals surface area contributed by atoms with Gasteiger partial charge < -0.3 is 10.1 Å². The summed E-state index contributed by atoms with van der Waals surface area (Å²) >= 11 is 0. The van der Waals surface area contributed by atoms with E-state index in [1.807, 2.05) is 54.9 Å². The second kappa shape index (κ2) is 8.65. The van der Waals surface area contributed by atoms with E-state index < -0.39 is 12.1 Å². The third kappa shape index (κ3) is 4.73. The second-order valence-electron chi connectivity index (χ2n) is 7.12. The summed E-state index contributed by atoms with van der Waals surface area (Å²) in [5.74, 6) is -0.483. The Labute approximate surface area is 163 Å². The predicted molar refractivity (Wildman–Crippen MR) is 106 cm³/mol. The van der Waals surface area contributed by atoms with E-state index in [0.717, 1.165) is 16.6 Å². The lowest BCUT2D eigenvalue weighted by Gasteiger charge is -2.14. The normalized spacial score (nSPS) is 12.1. The van der Waals surface area contributed by atoms with E-state index in [0.29, 0.717) is 24.6 Å². The fourth-order valence-electron chi connectivity index (χ4n) is 2.68. The van der Waals surface area contributed by atoms with Crippen LogP contribution in [0.4, 0.5) is 0 Å². The molecule has 0 bridgehead atoms. The first-order valence-electron chi connectivity index (χ1n) is 9.30. The predicted octanol–water partition coefficient (Wildman–Crippen LogP) is 2.80. The molecule has 0 spiro atoms. The number of fused-ring (bicyclic) bond motifs is 1. The molecule has 3 rings (SSSR count). The van der Waals surface area contributed by atoms with E-state index in [-0.39, 0.29) is 5.91 Å². The number of nitrogens with one attached hydrogen (secondary N) is 1. The van der Waals surface area contributed by atoms with Crippen LogP contribution < -0.4 is 5.32 Å². The first-order chi connectivity index (χ1) is 13.4. The third-order valence-corrected chi connectivity index (χ3v) is 4.28. The number of nitrogens with zero attached hydrogens (tertiary/aromatic N) is 3. The molecule has 1 heterocycles. The van der Waals surface area contributed by atoms with Crippen molar-refractivity contribution in [1.29, 1.82) is 0 Å². The molecule has 0 fully saturated rings. The maximum absolute atomic E-state index is 12.3. The molecular formula is C21H24N4O3. The summed E-state index contributed by atoms with van der Waals surface area (Å²) in [7, 11) is 0. The Kier molecular flexibility index (Phi) is 6.03. The highest BCUT2D eigenvalue weighted by molar-refractivity contribution is 5.92. The van der Waals surface area contributed by atoms with E-state index in [1.54, 1.807) is 19.1 Å². The third-order valence-electron chi connectivity index (χ3n) is 4.28. The van der Waals surface area contributed by atoms with Crippen molar-refractivity contribution in [2.75, 3.05) is 6.54 Å². The van der Waals surface area contributed by atoms with Crippen LogP contribution in [0.15, 0.2) is 48.5 Å². The van der Waals surface area contributed by atoms with Crippen molar-refractivity contribution in [3.63, 3.8) is 0 Å². The minimum absolute atomic E-state index is 0.295. The van der Waals surface area contributed by atoms with Gasteiger partial charge in [0, 0.05) is 6.54 Å². The topological polar surface area (TPSA) is 86.1 Å². The van der Waals surface area contributed by atoms with Gasteiger partial charge in [-0.1, -0.05) is 43.3 Å². The zero-order valence-electron chi connectivity index (χ0n) is 16.3. The smallest absolute Gasteiger partial charge is 0.338 e. The van der Waals surface area contributed by atoms with E-state index >= 15 is 0 Å². The van der Waals surface area contributed by atoms with Gasteiger partial charge in [-0.05, 0) is 42.7 Å². The van der Waals surface area contributed by atoms with Crippen LogP contribution in [0.1, 0.15) is 36.7 Å². The number of benzene rings is 2. The number of esters is 1. The fourth-order valence-corrected chi connectivity index (χ4v) is 2.68. The van der Waals surface area contributed by atoms with Gasteiger partial charge in [-0.25, -0.2) is 9.48 Å². The summed E-state index contributed by atoms with van der Waals surface area (Å²) in [5.41, 5.74) is 3.17. The molecule has 7 heteroatoms. The second-order valence-corrected chi connectivity index (χ2v) is 7.12. The summed E-state index contributed by atoms with van der Waals surface area (Å²) in [6, 6.07) is 14.8. The van der Waals surface area contributed by atoms with Crippen molar-refractivity contribution in [1.82, 2.24) is 20.3 Å². The first-order valence-corrected chi connectivity index (χ1v) is 9.30. The Hall–Kier alpha value is -3.22. The SMILES string of the molecule is CC(C)CNC(=O)[C@@H](C)OC(=O)c1ccc(Cn2nnc3ccccc32)cc1. The first kappa shape index (κ1) is 19.5. The summed E-state index contributed by atoms with van der Waals surface area (Å²) in [5, 5.41) is 11.1. The van der Waals surface area contributed by atoms with Gasteiger partial charge in [-0.2, -0.15) is 0 Å².